The van der Waals surface area contributed by atoms with Gasteiger partial charge in [0.1, 0.15) is 6.07 Å². The van der Waals surface area contributed by atoms with Crippen LogP contribution in [0.5, 0.6) is 0 Å². The number of para-hydroxylation sites is 1. The summed E-state index contributed by atoms with van der Waals surface area (Å²) in [6.07, 6.45) is 4.87. The molecule has 0 bridgehead atoms. The Kier molecular flexibility index (Phi) is 6.50. The van der Waals surface area contributed by atoms with E-state index in [1.54, 1.807) is 42.5 Å². The van der Waals surface area contributed by atoms with E-state index in [2.05, 4.69) is 26.7 Å². The summed E-state index contributed by atoms with van der Waals surface area (Å²) in [7, 11) is -3.90. The highest BCUT2D eigenvalue weighted by atomic mass is 32.2. The molecule has 0 radical (unpaired) electrons. The molecule has 2 heterocycles. The molecule has 2 aromatic carbocycles. The predicted molar refractivity (Wildman–Crippen MR) is 138 cm³/mol. The molecule has 1 fully saturated rings. The third kappa shape index (κ3) is 4.83. The lowest BCUT2D eigenvalue weighted by molar-refractivity contribution is 0.185. The van der Waals surface area contributed by atoms with Crippen LogP contribution in [-0.2, 0) is 10.0 Å². The van der Waals surface area contributed by atoms with Crippen LogP contribution in [-0.4, -0.2) is 45.6 Å². The Morgan fingerprint density at radius 3 is 2.57 bits per heavy atom. The van der Waals surface area contributed by atoms with Crippen molar-refractivity contribution in [1.82, 2.24) is 19.3 Å². The van der Waals surface area contributed by atoms with E-state index in [1.807, 2.05) is 0 Å². The number of amides is 1. The molecule has 2 atom stereocenters. The average Bonchev–Trinajstić information content (AvgIpc) is 3.29. The molecule has 10 nitrogen and oxygen atoms in total. The summed E-state index contributed by atoms with van der Waals surface area (Å²) in [6, 6.07) is 17.1. The summed E-state index contributed by atoms with van der Waals surface area (Å²) >= 11 is 0. The number of benzene rings is 2. The Morgan fingerprint density at radius 2 is 1.81 bits per heavy atom. The molecule has 3 N–H and O–H groups in total. The van der Waals surface area contributed by atoms with Gasteiger partial charge in [0.05, 0.1) is 27.9 Å². The van der Waals surface area contributed by atoms with Gasteiger partial charge >= 0.3 is 6.09 Å². The number of anilines is 1. The Hall–Kier alpha value is -4.43. The SMILES string of the molecule is N#Cc1cnc(N[C@@H]2CCCC(NC(=O)O)C2)nc1-c1cn(S(=O)(=O)c2ccccc2)c2ccccc12. The lowest BCUT2D eigenvalue weighted by Crippen LogP contribution is -2.41. The van der Waals surface area contributed by atoms with Gasteiger partial charge in [0, 0.05) is 29.2 Å². The number of aromatic nitrogens is 3. The molecule has 0 spiro atoms. The predicted octanol–water partition coefficient (Wildman–Crippen LogP) is 4.20. The van der Waals surface area contributed by atoms with Crippen molar-refractivity contribution in [1.29, 1.82) is 5.26 Å². The second-order valence-corrected chi connectivity index (χ2v) is 10.7. The molecule has 11 heteroatoms. The minimum atomic E-state index is -3.90. The summed E-state index contributed by atoms with van der Waals surface area (Å²) in [6.45, 7) is 0. The maximum absolute atomic E-state index is 13.5. The number of carboxylic acid groups (broad SMARTS) is 1. The van der Waals surface area contributed by atoms with Crippen LogP contribution in [0.1, 0.15) is 31.2 Å². The number of nitriles is 1. The van der Waals surface area contributed by atoms with E-state index >= 15 is 0 Å². The molecule has 5 rings (SSSR count). The van der Waals surface area contributed by atoms with Crippen LogP contribution < -0.4 is 10.6 Å². The fourth-order valence-electron chi connectivity index (χ4n) is 4.79. The van der Waals surface area contributed by atoms with Gasteiger partial charge in [-0.1, -0.05) is 36.4 Å². The van der Waals surface area contributed by atoms with Gasteiger partial charge in [-0.3, -0.25) is 0 Å². The van der Waals surface area contributed by atoms with Crippen molar-refractivity contribution in [2.75, 3.05) is 5.32 Å². The van der Waals surface area contributed by atoms with E-state index in [9.17, 15) is 18.5 Å². The first-order valence-corrected chi connectivity index (χ1v) is 13.2. The normalized spacial score (nSPS) is 17.7. The highest BCUT2D eigenvalue weighted by Crippen LogP contribution is 2.34. The zero-order valence-corrected chi connectivity index (χ0v) is 20.5. The monoisotopic (exact) mass is 516 g/mol. The molecule has 1 amide bonds. The molecule has 0 saturated heterocycles. The van der Waals surface area contributed by atoms with Crippen molar-refractivity contribution in [3.05, 3.63) is 72.6 Å². The number of hydrogen-bond donors (Lipinski definition) is 3. The van der Waals surface area contributed by atoms with Crippen LogP contribution in [0.15, 0.2) is 71.9 Å². The Bertz CT molecular complexity index is 1610. The van der Waals surface area contributed by atoms with E-state index in [4.69, 9.17) is 5.11 Å². The molecule has 1 aliphatic carbocycles. The molecular formula is C26H24N6O4S. The van der Waals surface area contributed by atoms with Crippen LogP contribution in [0, 0.1) is 11.3 Å². The van der Waals surface area contributed by atoms with Gasteiger partial charge in [-0.15, -0.1) is 0 Å². The fraction of sp³-hybridized carbons (Fsp3) is 0.231. The number of carbonyl (C=O) groups is 1. The minimum absolute atomic E-state index is 0.0498. The number of hydrogen-bond acceptors (Lipinski definition) is 7. The van der Waals surface area contributed by atoms with Gasteiger partial charge in [0.25, 0.3) is 10.0 Å². The molecule has 1 saturated carbocycles. The number of nitrogens with one attached hydrogen (secondary N) is 2. The number of fused-ring (bicyclic) bond motifs is 1. The molecule has 2 aromatic heterocycles. The second kappa shape index (κ2) is 9.91. The summed E-state index contributed by atoms with van der Waals surface area (Å²) in [5.41, 5.74) is 1.48. The standard InChI is InChI=1S/C26H24N6O4S/c27-14-17-15-28-25(29-18-7-6-8-19(13-18)30-26(33)34)31-24(17)22-16-32(23-12-5-4-11-21(22)23)37(35,36)20-9-2-1-3-10-20/h1-5,9-12,15-16,18-19,30H,6-8,13H2,(H,33,34)(H,28,29,31)/t18-,19?/m1/s1. The van der Waals surface area contributed by atoms with E-state index in [0.717, 1.165) is 19.3 Å². The zero-order valence-electron chi connectivity index (χ0n) is 19.7. The quantitative estimate of drug-likeness (QED) is 0.345. The Balaban J connectivity index is 1.55. The third-order valence-electron chi connectivity index (χ3n) is 6.48. The van der Waals surface area contributed by atoms with E-state index in [-0.39, 0.29) is 28.5 Å². The Morgan fingerprint density at radius 1 is 1.08 bits per heavy atom. The first kappa shape index (κ1) is 24.3. The number of nitrogens with zero attached hydrogens (tertiary/aromatic N) is 4. The lowest BCUT2D eigenvalue weighted by atomic mass is 9.91. The summed E-state index contributed by atoms with van der Waals surface area (Å²) in [5, 5.41) is 25.3. The maximum atomic E-state index is 13.5. The van der Waals surface area contributed by atoms with Crippen LogP contribution >= 0.6 is 0 Å². The molecule has 4 aromatic rings. The van der Waals surface area contributed by atoms with Crippen LogP contribution in [0.2, 0.25) is 0 Å². The molecule has 1 unspecified atom stereocenters. The van der Waals surface area contributed by atoms with Crippen molar-refractivity contribution in [3.63, 3.8) is 0 Å². The van der Waals surface area contributed by atoms with Crippen molar-refractivity contribution in [2.24, 2.45) is 0 Å². The highest BCUT2D eigenvalue weighted by Gasteiger charge is 2.26. The number of rotatable bonds is 6. The van der Waals surface area contributed by atoms with E-state index in [1.165, 1.54) is 28.5 Å². The molecule has 1 aliphatic rings. The molecule has 37 heavy (non-hydrogen) atoms. The van der Waals surface area contributed by atoms with Crippen LogP contribution in [0.3, 0.4) is 0 Å². The first-order chi connectivity index (χ1) is 17.9. The van der Waals surface area contributed by atoms with Gasteiger partial charge in [-0.25, -0.2) is 27.2 Å². The third-order valence-corrected chi connectivity index (χ3v) is 8.17. The molecular weight excluding hydrogens is 492 g/mol. The maximum Gasteiger partial charge on any atom is 0.404 e. The lowest BCUT2D eigenvalue weighted by Gasteiger charge is -2.29. The largest absolute Gasteiger partial charge is 0.465 e. The average molecular weight is 517 g/mol. The highest BCUT2D eigenvalue weighted by molar-refractivity contribution is 7.90. The van der Waals surface area contributed by atoms with E-state index in [0.29, 0.717) is 28.6 Å². The van der Waals surface area contributed by atoms with Crippen molar-refractivity contribution >= 4 is 33.0 Å². The second-order valence-electron chi connectivity index (χ2n) is 8.90. The van der Waals surface area contributed by atoms with Crippen molar-refractivity contribution < 1.29 is 18.3 Å². The fourth-order valence-corrected chi connectivity index (χ4v) is 6.18. The minimum Gasteiger partial charge on any atom is -0.465 e. The van der Waals surface area contributed by atoms with Crippen LogP contribution in [0.25, 0.3) is 22.2 Å². The van der Waals surface area contributed by atoms with Gasteiger partial charge in [0.2, 0.25) is 5.95 Å². The van der Waals surface area contributed by atoms with Gasteiger partial charge in [-0.05, 0) is 43.9 Å². The topological polar surface area (TPSA) is 150 Å². The van der Waals surface area contributed by atoms with Crippen LogP contribution in [0.4, 0.5) is 10.7 Å². The summed E-state index contributed by atoms with van der Waals surface area (Å²) < 4.78 is 28.2. The zero-order chi connectivity index (χ0) is 26.0. The van der Waals surface area contributed by atoms with Crippen molar-refractivity contribution in [3.8, 4) is 17.3 Å². The van der Waals surface area contributed by atoms with Gasteiger partial charge in [0.15, 0.2) is 0 Å². The van der Waals surface area contributed by atoms with Gasteiger partial charge < -0.3 is 15.7 Å². The summed E-state index contributed by atoms with van der Waals surface area (Å²) in [4.78, 5) is 20.1. The Labute approximate surface area is 213 Å². The smallest absolute Gasteiger partial charge is 0.404 e. The molecule has 0 aliphatic heterocycles. The molecule has 188 valence electrons. The first-order valence-electron chi connectivity index (χ1n) is 11.8. The summed E-state index contributed by atoms with van der Waals surface area (Å²) in [5.74, 6) is 0.290. The van der Waals surface area contributed by atoms with E-state index < -0.39 is 16.1 Å². The van der Waals surface area contributed by atoms with Gasteiger partial charge in [-0.2, -0.15) is 5.26 Å². The van der Waals surface area contributed by atoms with Crippen molar-refractivity contribution in [2.45, 2.75) is 42.7 Å².